The first-order chi connectivity index (χ1) is 7.72. The van der Waals surface area contributed by atoms with Crippen molar-refractivity contribution < 1.29 is 0 Å². The molecule has 0 radical (unpaired) electrons. The largest absolute Gasteiger partial charge is 0.361 e. The molecule has 16 heavy (non-hydrogen) atoms. The Kier molecular flexibility index (Phi) is 3.24. The van der Waals surface area contributed by atoms with Crippen molar-refractivity contribution in [2.24, 2.45) is 0 Å². The third-order valence-corrected chi connectivity index (χ3v) is 3.65. The fourth-order valence-electron chi connectivity index (χ4n) is 1.63. The topological polar surface area (TPSA) is 53.6 Å². The molecule has 0 fully saturated rings. The molecule has 0 aliphatic carbocycles. The molecular formula is C11H16N4S. The molecule has 2 rings (SSSR count). The number of aryl methyl sites for hydroxylation is 1. The summed E-state index contributed by atoms with van der Waals surface area (Å²) in [6.45, 7) is 6.33. The number of H-pyrrole nitrogens is 1. The quantitative estimate of drug-likeness (QED) is 0.858. The number of nitrogens with zero attached hydrogens (tertiary/aromatic N) is 2. The van der Waals surface area contributed by atoms with Crippen LogP contribution in [0.1, 0.15) is 36.0 Å². The van der Waals surface area contributed by atoms with Crippen LogP contribution in [-0.2, 0) is 6.42 Å². The van der Waals surface area contributed by atoms with Crippen LogP contribution < -0.4 is 5.32 Å². The maximum atomic E-state index is 4.28. The SMILES string of the molecule is CCc1[nH]nc(NC(C)c2cncs2)c1C. The summed E-state index contributed by atoms with van der Waals surface area (Å²) in [4.78, 5) is 5.30. The molecular weight excluding hydrogens is 220 g/mol. The molecule has 0 bridgehead atoms. The summed E-state index contributed by atoms with van der Waals surface area (Å²) in [6, 6.07) is 0.249. The van der Waals surface area contributed by atoms with E-state index in [2.05, 4.69) is 41.3 Å². The molecule has 2 heterocycles. The summed E-state index contributed by atoms with van der Waals surface area (Å²) in [5.41, 5.74) is 4.25. The van der Waals surface area contributed by atoms with Crippen molar-refractivity contribution in [3.8, 4) is 0 Å². The highest BCUT2D eigenvalue weighted by atomic mass is 32.1. The molecule has 0 aliphatic heterocycles. The van der Waals surface area contributed by atoms with E-state index in [1.165, 1.54) is 16.1 Å². The zero-order chi connectivity index (χ0) is 11.5. The Morgan fingerprint density at radius 3 is 2.94 bits per heavy atom. The van der Waals surface area contributed by atoms with Gasteiger partial charge in [-0.25, -0.2) is 0 Å². The van der Waals surface area contributed by atoms with Crippen LogP contribution in [-0.4, -0.2) is 15.2 Å². The molecule has 1 unspecified atom stereocenters. The van der Waals surface area contributed by atoms with Crippen molar-refractivity contribution in [3.05, 3.63) is 27.8 Å². The predicted octanol–water partition coefficient (Wildman–Crippen LogP) is 2.91. The van der Waals surface area contributed by atoms with E-state index in [1.807, 2.05) is 11.7 Å². The minimum absolute atomic E-state index is 0.249. The lowest BCUT2D eigenvalue weighted by Gasteiger charge is -2.11. The maximum Gasteiger partial charge on any atom is 0.151 e. The number of anilines is 1. The van der Waals surface area contributed by atoms with E-state index in [-0.39, 0.29) is 6.04 Å². The van der Waals surface area contributed by atoms with Crippen molar-refractivity contribution >= 4 is 17.2 Å². The van der Waals surface area contributed by atoms with Crippen LogP contribution in [0, 0.1) is 6.92 Å². The molecule has 0 spiro atoms. The molecule has 0 saturated carbocycles. The molecule has 4 nitrogen and oxygen atoms in total. The van der Waals surface area contributed by atoms with Crippen LogP contribution in [0.3, 0.4) is 0 Å². The summed E-state index contributed by atoms with van der Waals surface area (Å²) in [7, 11) is 0. The van der Waals surface area contributed by atoms with Crippen LogP contribution in [0.4, 0.5) is 5.82 Å². The van der Waals surface area contributed by atoms with Gasteiger partial charge in [-0.2, -0.15) is 5.10 Å². The van der Waals surface area contributed by atoms with Crippen molar-refractivity contribution in [1.82, 2.24) is 15.2 Å². The molecule has 86 valence electrons. The van der Waals surface area contributed by atoms with E-state index < -0.39 is 0 Å². The molecule has 5 heteroatoms. The van der Waals surface area contributed by atoms with E-state index in [4.69, 9.17) is 0 Å². The van der Waals surface area contributed by atoms with Crippen LogP contribution in [0.25, 0.3) is 0 Å². The van der Waals surface area contributed by atoms with Gasteiger partial charge in [0.1, 0.15) is 0 Å². The normalized spacial score (nSPS) is 12.7. The van der Waals surface area contributed by atoms with Crippen LogP contribution in [0.15, 0.2) is 11.7 Å². The second-order valence-corrected chi connectivity index (χ2v) is 4.72. The molecule has 2 aromatic heterocycles. The molecule has 0 saturated heterocycles. The summed E-state index contributed by atoms with van der Waals surface area (Å²) >= 11 is 1.66. The number of rotatable bonds is 4. The molecule has 2 aromatic rings. The first kappa shape index (κ1) is 11.1. The molecule has 0 aliphatic rings. The third-order valence-electron chi connectivity index (χ3n) is 2.70. The highest BCUT2D eigenvalue weighted by Gasteiger charge is 2.12. The third kappa shape index (κ3) is 2.09. The van der Waals surface area contributed by atoms with Gasteiger partial charge in [0, 0.05) is 22.3 Å². The Morgan fingerprint density at radius 2 is 2.38 bits per heavy atom. The molecule has 0 aromatic carbocycles. The minimum atomic E-state index is 0.249. The van der Waals surface area contributed by atoms with E-state index in [0.29, 0.717) is 0 Å². The van der Waals surface area contributed by atoms with Crippen LogP contribution in [0.2, 0.25) is 0 Å². The molecule has 2 N–H and O–H groups in total. The van der Waals surface area contributed by atoms with E-state index in [0.717, 1.165) is 12.2 Å². The highest BCUT2D eigenvalue weighted by Crippen LogP contribution is 2.23. The number of nitrogens with one attached hydrogen (secondary N) is 2. The minimum Gasteiger partial charge on any atom is -0.361 e. The van der Waals surface area contributed by atoms with E-state index >= 15 is 0 Å². The van der Waals surface area contributed by atoms with Gasteiger partial charge < -0.3 is 5.32 Å². The Morgan fingerprint density at radius 1 is 1.56 bits per heavy atom. The molecule has 0 amide bonds. The van der Waals surface area contributed by atoms with Crippen molar-refractivity contribution in [2.45, 2.75) is 33.2 Å². The van der Waals surface area contributed by atoms with Gasteiger partial charge >= 0.3 is 0 Å². The Bertz CT molecular complexity index is 447. The lowest BCUT2D eigenvalue weighted by Crippen LogP contribution is -2.06. The summed E-state index contributed by atoms with van der Waals surface area (Å²) in [5.74, 6) is 0.942. The first-order valence-electron chi connectivity index (χ1n) is 5.41. The number of aromatic nitrogens is 3. The molecule has 1 atom stereocenters. The second kappa shape index (κ2) is 4.65. The lowest BCUT2D eigenvalue weighted by molar-refractivity contribution is 0.883. The number of thiazole rings is 1. The number of hydrogen-bond acceptors (Lipinski definition) is 4. The van der Waals surface area contributed by atoms with Gasteiger partial charge in [-0.1, -0.05) is 6.92 Å². The Labute approximate surface area is 99.1 Å². The number of hydrogen-bond donors (Lipinski definition) is 2. The monoisotopic (exact) mass is 236 g/mol. The Hall–Kier alpha value is -1.36. The van der Waals surface area contributed by atoms with Crippen molar-refractivity contribution in [2.75, 3.05) is 5.32 Å². The average molecular weight is 236 g/mol. The van der Waals surface area contributed by atoms with Crippen LogP contribution >= 0.6 is 11.3 Å². The van der Waals surface area contributed by atoms with Gasteiger partial charge in [0.05, 0.1) is 11.6 Å². The van der Waals surface area contributed by atoms with Crippen molar-refractivity contribution in [3.63, 3.8) is 0 Å². The summed E-state index contributed by atoms with van der Waals surface area (Å²) in [5, 5.41) is 10.7. The van der Waals surface area contributed by atoms with Gasteiger partial charge in [0.2, 0.25) is 0 Å². The lowest BCUT2D eigenvalue weighted by atomic mass is 10.2. The van der Waals surface area contributed by atoms with Gasteiger partial charge in [0.15, 0.2) is 5.82 Å². The van der Waals surface area contributed by atoms with Gasteiger partial charge in [-0.15, -0.1) is 11.3 Å². The fourth-order valence-corrected chi connectivity index (χ4v) is 2.26. The standard InChI is InChI=1S/C11H16N4S/c1-4-9-7(2)11(15-14-9)13-8(3)10-5-12-6-16-10/h5-6,8H,4H2,1-3H3,(H2,13,14,15). The summed E-state index contributed by atoms with van der Waals surface area (Å²) in [6.07, 6.45) is 2.88. The Balaban J connectivity index is 2.12. The highest BCUT2D eigenvalue weighted by molar-refractivity contribution is 7.09. The number of aromatic amines is 1. The average Bonchev–Trinajstić information content (AvgIpc) is 2.89. The van der Waals surface area contributed by atoms with Gasteiger partial charge in [0.25, 0.3) is 0 Å². The van der Waals surface area contributed by atoms with Crippen molar-refractivity contribution in [1.29, 1.82) is 0 Å². The zero-order valence-electron chi connectivity index (χ0n) is 9.74. The predicted molar refractivity (Wildman–Crippen MR) is 66.9 cm³/mol. The zero-order valence-corrected chi connectivity index (χ0v) is 10.6. The first-order valence-corrected chi connectivity index (χ1v) is 6.29. The van der Waals surface area contributed by atoms with Gasteiger partial charge in [-0.05, 0) is 20.3 Å². The fraction of sp³-hybridized carbons (Fsp3) is 0.455. The maximum absolute atomic E-state index is 4.28. The second-order valence-electron chi connectivity index (χ2n) is 3.80. The summed E-state index contributed by atoms with van der Waals surface area (Å²) < 4.78 is 0. The van der Waals surface area contributed by atoms with Crippen LogP contribution in [0.5, 0.6) is 0 Å². The van der Waals surface area contributed by atoms with Gasteiger partial charge in [-0.3, -0.25) is 10.1 Å². The smallest absolute Gasteiger partial charge is 0.151 e. The van der Waals surface area contributed by atoms with E-state index in [9.17, 15) is 0 Å². The van der Waals surface area contributed by atoms with E-state index in [1.54, 1.807) is 11.3 Å².